The number of ketones is 1. The molecule has 3 nitrogen and oxygen atoms in total. The van der Waals surface area contributed by atoms with Crippen LogP contribution in [0.1, 0.15) is 32.1 Å². The molecule has 1 saturated heterocycles. The van der Waals surface area contributed by atoms with Gasteiger partial charge in [0.1, 0.15) is 0 Å². The molecule has 3 aliphatic rings. The second kappa shape index (κ2) is 4.21. The third kappa shape index (κ3) is 1.67. The lowest BCUT2D eigenvalue weighted by Crippen LogP contribution is -2.37. The van der Waals surface area contributed by atoms with Crippen molar-refractivity contribution in [2.24, 2.45) is 11.8 Å². The van der Waals surface area contributed by atoms with Gasteiger partial charge in [0.2, 0.25) is 0 Å². The number of carbonyl (C=O) groups is 1. The van der Waals surface area contributed by atoms with Crippen LogP contribution >= 0.6 is 0 Å². The predicted octanol–water partition coefficient (Wildman–Crippen LogP) is 1.21. The van der Waals surface area contributed by atoms with Gasteiger partial charge in [-0.25, -0.2) is 0 Å². The van der Waals surface area contributed by atoms with E-state index >= 15 is 0 Å². The van der Waals surface area contributed by atoms with Gasteiger partial charge in [0.05, 0.1) is 6.04 Å². The van der Waals surface area contributed by atoms with Crippen LogP contribution in [0.25, 0.3) is 0 Å². The Morgan fingerprint density at radius 1 is 1.19 bits per heavy atom. The molecule has 2 atom stereocenters. The van der Waals surface area contributed by atoms with Crippen molar-refractivity contribution in [2.45, 2.75) is 38.1 Å². The summed E-state index contributed by atoms with van der Waals surface area (Å²) in [4.78, 5) is 12.4. The van der Waals surface area contributed by atoms with Crippen molar-refractivity contribution in [2.75, 3.05) is 13.1 Å². The average Bonchev–Trinajstić information content (AvgIpc) is 2.91. The Bertz CT molecular complexity index is 318. The molecule has 1 aliphatic carbocycles. The Labute approximate surface area is 96.7 Å². The van der Waals surface area contributed by atoms with E-state index in [-0.39, 0.29) is 6.04 Å². The van der Waals surface area contributed by atoms with E-state index < -0.39 is 0 Å². The number of carbonyl (C=O) groups excluding carboxylic acids is 1. The molecule has 2 fully saturated rings. The first kappa shape index (κ1) is 10.3. The van der Waals surface area contributed by atoms with Crippen molar-refractivity contribution >= 4 is 5.78 Å². The number of fused-ring (bicyclic) bond motifs is 1. The van der Waals surface area contributed by atoms with Crippen molar-refractivity contribution in [1.82, 2.24) is 10.6 Å². The smallest absolute Gasteiger partial charge is 0.157 e. The van der Waals surface area contributed by atoms with Gasteiger partial charge in [-0.15, -0.1) is 0 Å². The molecule has 0 radical (unpaired) electrons. The highest BCUT2D eigenvalue weighted by atomic mass is 16.1. The molecule has 2 aliphatic heterocycles. The molecule has 3 heteroatoms. The summed E-state index contributed by atoms with van der Waals surface area (Å²) >= 11 is 0. The van der Waals surface area contributed by atoms with Crippen molar-refractivity contribution in [3.8, 4) is 0 Å². The minimum absolute atomic E-state index is 0.0306. The molecule has 0 aromatic heterocycles. The summed E-state index contributed by atoms with van der Waals surface area (Å²) < 4.78 is 0. The van der Waals surface area contributed by atoms with Gasteiger partial charge in [0, 0.05) is 24.9 Å². The van der Waals surface area contributed by atoms with Gasteiger partial charge in [-0.05, 0) is 24.6 Å². The van der Waals surface area contributed by atoms with Crippen molar-refractivity contribution in [1.29, 1.82) is 0 Å². The van der Waals surface area contributed by atoms with Gasteiger partial charge in [-0.1, -0.05) is 19.3 Å². The Morgan fingerprint density at radius 3 is 2.81 bits per heavy atom. The predicted molar refractivity (Wildman–Crippen MR) is 62.9 cm³/mol. The number of hydrogen-bond acceptors (Lipinski definition) is 3. The maximum absolute atomic E-state index is 12.4. The van der Waals surface area contributed by atoms with Crippen molar-refractivity contribution in [3.05, 3.63) is 11.8 Å². The maximum Gasteiger partial charge on any atom is 0.157 e. The van der Waals surface area contributed by atoms with E-state index in [1.54, 1.807) is 0 Å². The third-order valence-electron chi connectivity index (χ3n) is 4.30. The lowest BCUT2D eigenvalue weighted by molar-refractivity contribution is -0.124. The second-order valence-corrected chi connectivity index (χ2v) is 5.33. The molecule has 0 amide bonds. The molecule has 88 valence electrons. The van der Waals surface area contributed by atoms with E-state index in [2.05, 4.69) is 16.8 Å². The molecular weight excluding hydrogens is 200 g/mol. The molecule has 2 heterocycles. The fraction of sp³-hybridized carbons (Fsp3) is 0.769. The maximum atomic E-state index is 12.4. The van der Waals surface area contributed by atoms with E-state index in [1.165, 1.54) is 24.8 Å². The zero-order chi connectivity index (χ0) is 11.0. The molecule has 0 aromatic carbocycles. The van der Waals surface area contributed by atoms with E-state index in [1.807, 2.05) is 0 Å². The fourth-order valence-corrected chi connectivity index (χ4v) is 3.33. The highest BCUT2D eigenvalue weighted by Gasteiger charge is 2.39. The largest absolute Gasteiger partial charge is 0.390 e. The summed E-state index contributed by atoms with van der Waals surface area (Å²) in [7, 11) is 0. The van der Waals surface area contributed by atoms with Crippen LogP contribution in [0.15, 0.2) is 11.8 Å². The summed E-state index contributed by atoms with van der Waals surface area (Å²) in [6.07, 6.45) is 8.09. The minimum atomic E-state index is 0.0306. The van der Waals surface area contributed by atoms with Crippen LogP contribution in [0, 0.1) is 11.8 Å². The van der Waals surface area contributed by atoms with Crippen LogP contribution in [-0.4, -0.2) is 24.9 Å². The van der Waals surface area contributed by atoms with Gasteiger partial charge < -0.3 is 10.6 Å². The molecule has 2 unspecified atom stereocenters. The van der Waals surface area contributed by atoms with Crippen LogP contribution in [0.2, 0.25) is 0 Å². The van der Waals surface area contributed by atoms with Crippen LogP contribution in [-0.2, 0) is 4.79 Å². The summed E-state index contributed by atoms with van der Waals surface area (Å²) in [5.74, 6) is 1.35. The van der Waals surface area contributed by atoms with Gasteiger partial charge >= 0.3 is 0 Å². The summed E-state index contributed by atoms with van der Waals surface area (Å²) in [5, 5.41) is 6.66. The average molecular weight is 220 g/mol. The summed E-state index contributed by atoms with van der Waals surface area (Å²) in [6.45, 7) is 1.98. The van der Waals surface area contributed by atoms with Crippen LogP contribution in [0.5, 0.6) is 0 Å². The lowest BCUT2D eigenvalue weighted by Gasteiger charge is -2.23. The molecular formula is C13H20N2O. The second-order valence-electron chi connectivity index (χ2n) is 5.33. The zero-order valence-electron chi connectivity index (χ0n) is 9.67. The molecule has 16 heavy (non-hydrogen) atoms. The first-order chi connectivity index (χ1) is 7.86. The normalized spacial score (nSPS) is 34.4. The summed E-state index contributed by atoms with van der Waals surface area (Å²) in [5.41, 5.74) is 1.32. The third-order valence-corrected chi connectivity index (χ3v) is 4.30. The van der Waals surface area contributed by atoms with Gasteiger partial charge in [-0.3, -0.25) is 4.79 Å². The number of nitrogens with one attached hydrogen (secondary N) is 2. The monoisotopic (exact) mass is 220 g/mol. The Balaban J connectivity index is 1.70. The summed E-state index contributed by atoms with van der Waals surface area (Å²) in [6, 6.07) is 0.0306. The lowest BCUT2D eigenvalue weighted by atomic mass is 9.82. The van der Waals surface area contributed by atoms with Gasteiger partial charge in [0.25, 0.3) is 0 Å². The molecule has 1 saturated carbocycles. The Morgan fingerprint density at radius 2 is 2.00 bits per heavy atom. The number of rotatable bonds is 2. The van der Waals surface area contributed by atoms with Crippen LogP contribution in [0.3, 0.4) is 0 Å². The molecule has 0 spiro atoms. The van der Waals surface area contributed by atoms with E-state index in [0.717, 1.165) is 25.9 Å². The minimum Gasteiger partial charge on any atom is -0.390 e. The SMILES string of the molecule is O=C(C1CCCCC1)C1NCC2CNC=C21. The molecule has 3 rings (SSSR count). The molecule has 0 aromatic rings. The highest BCUT2D eigenvalue weighted by molar-refractivity contribution is 5.90. The zero-order valence-corrected chi connectivity index (χ0v) is 9.67. The van der Waals surface area contributed by atoms with Crippen LogP contribution in [0.4, 0.5) is 0 Å². The fourth-order valence-electron chi connectivity index (χ4n) is 3.33. The van der Waals surface area contributed by atoms with E-state index in [4.69, 9.17) is 0 Å². The first-order valence-electron chi connectivity index (χ1n) is 6.56. The van der Waals surface area contributed by atoms with Gasteiger partial charge in [0.15, 0.2) is 5.78 Å². The topological polar surface area (TPSA) is 41.1 Å². The first-order valence-corrected chi connectivity index (χ1v) is 6.56. The van der Waals surface area contributed by atoms with Crippen molar-refractivity contribution in [3.63, 3.8) is 0 Å². The molecule has 2 N–H and O–H groups in total. The standard InChI is InChI=1S/C13H20N2O/c16-13(9-4-2-1-3-5-9)12-11-8-14-6-10(11)7-15-12/h8-10,12,14-15H,1-7H2. The van der Waals surface area contributed by atoms with E-state index in [9.17, 15) is 4.79 Å². The van der Waals surface area contributed by atoms with E-state index in [0.29, 0.717) is 17.6 Å². The quantitative estimate of drug-likeness (QED) is 0.735. The number of hydrogen-bond donors (Lipinski definition) is 2. The Hall–Kier alpha value is -0.830. The highest BCUT2D eigenvalue weighted by Crippen LogP contribution is 2.31. The molecule has 0 bridgehead atoms. The number of Topliss-reactive ketones (excluding diaryl/α,β-unsaturated/α-hetero) is 1. The van der Waals surface area contributed by atoms with Gasteiger partial charge in [-0.2, -0.15) is 0 Å². The Kier molecular flexibility index (Phi) is 2.72. The van der Waals surface area contributed by atoms with Crippen LogP contribution < -0.4 is 10.6 Å². The van der Waals surface area contributed by atoms with Crippen molar-refractivity contribution < 1.29 is 4.79 Å².